The first-order valence-corrected chi connectivity index (χ1v) is 13.6. The van der Waals surface area contributed by atoms with Gasteiger partial charge in [0.15, 0.2) is 6.33 Å². The second-order valence-corrected chi connectivity index (χ2v) is 10.6. The highest BCUT2D eigenvalue weighted by molar-refractivity contribution is 7.47. The topological polar surface area (TPSA) is 280 Å². The number of anilines is 2. The fraction of sp³-hybridized carbons (Fsp3) is 0.500. The number of ether oxygens (including phenoxy) is 2. The van der Waals surface area contributed by atoms with Gasteiger partial charge in [0.2, 0.25) is 17.7 Å². The number of nitrogens with zero attached hydrogens (tertiary/aromatic N) is 6. The number of nitrogen functional groups attached to an aromatic ring is 2. The number of aliphatic hydroxyl groups excluding tert-OH is 2. The normalized spacial score (nSPS) is 27.7. The number of phosphoric ester groups is 1. The van der Waals surface area contributed by atoms with Crippen LogP contribution in [-0.4, -0.2) is 84.2 Å². The standard InChI is InChI=1S/C20H24BN9O10P/c22-7-21-30-8-29(17-16(30)18(33)27-19(24)26-17)14-3-9(32)12(39-14)6-37-41(35,36)40-10-4-15(38-11(10)5-31)28-2-1-13(23)25-20(28)34/h1-2,8-12,14-15,31-32H,3-6H2,(H5-,23,24,25,26,27,33,34,35,36)/q-1/p+1. The second-order valence-electron chi connectivity index (χ2n) is 9.24. The molecule has 21 heteroatoms. The van der Waals surface area contributed by atoms with Crippen LogP contribution in [0.4, 0.5) is 11.8 Å². The Balaban J connectivity index is 1.25. The number of aromatic nitrogens is 6. The molecular formula is C20H25BN9O10P. The molecule has 0 aliphatic carbocycles. The van der Waals surface area contributed by atoms with Gasteiger partial charge in [-0.1, -0.05) is 0 Å². The fourth-order valence-electron chi connectivity index (χ4n) is 4.70. The van der Waals surface area contributed by atoms with Crippen molar-refractivity contribution >= 4 is 38.2 Å². The maximum Gasteiger partial charge on any atom is 0.472 e. The third-order valence-corrected chi connectivity index (χ3v) is 7.56. The average molecular weight is 593 g/mol. The molecule has 7 unspecified atom stereocenters. The highest BCUT2D eigenvalue weighted by Gasteiger charge is 2.44. The molecule has 0 saturated carbocycles. The molecule has 3 aromatic rings. The highest BCUT2D eigenvalue weighted by Crippen LogP contribution is 2.49. The molecule has 2 fully saturated rings. The average Bonchev–Trinajstić information content (AvgIpc) is 3.57. The maximum absolute atomic E-state index is 12.8. The summed E-state index contributed by atoms with van der Waals surface area (Å²) in [6.45, 7) is -1.16. The number of rotatable bonds is 9. The van der Waals surface area contributed by atoms with Gasteiger partial charge >= 0.3 is 13.5 Å². The summed E-state index contributed by atoms with van der Waals surface area (Å²) in [4.78, 5) is 45.0. The van der Waals surface area contributed by atoms with E-state index in [9.17, 15) is 29.3 Å². The molecule has 2 aliphatic rings. The molecule has 8 N–H and O–H groups in total. The van der Waals surface area contributed by atoms with Gasteiger partial charge in [-0.3, -0.25) is 28.7 Å². The lowest BCUT2D eigenvalue weighted by molar-refractivity contribution is -0.499. The van der Waals surface area contributed by atoms with Gasteiger partial charge in [-0.25, -0.2) is 9.36 Å². The Morgan fingerprint density at radius 3 is 2.68 bits per heavy atom. The molecule has 5 rings (SSSR count). The molecule has 0 spiro atoms. The molecule has 0 amide bonds. The first-order valence-electron chi connectivity index (χ1n) is 12.1. The number of fused-ring (bicyclic) bond motifs is 1. The molecule has 218 valence electrons. The number of H-pyrrole nitrogens is 1. The molecule has 19 nitrogen and oxygen atoms in total. The van der Waals surface area contributed by atoms with E-state index in [-0.39, 0.29) is 35.8 Å². The zero-order valence-corrected chi connectivity index (χ0v) is 22.0. The summed E-state index contributed by atoms with van der Waals surface area (Å²) in [5.41, 5.74) is 9.93. The van der Waals surface area contributed by atoms with Crippen LogP contribution in [0.15, 0.2) is 28.2 Å². The van der Waals surface area contributed by atoms with Crippen LogP contribution in [0.5, 0.6) is 0 Å². The third kappa shape index (κ3) is 5.88. The van der Waals surface area contributed by atoms with Crippen molar-refractivity contribution in [1.82, 2.24) is 24.1 Å². The van der Waals surface area contributed by atoms with Crippen LogP contribution in [0.2, 0.25) is 0 Å². The van der Waals surface area contributed by atoms with Crippen LogP contribution < -0.4 is 27.2 Å². The van der Waals surface area contributed by atoms with Crippen LogP contribution in [-0.2, 0) is 23.1 Å². The third-order valence-electron chi connectivity index (χ3n) is 6.55. The van der Waals surface area contributed by atoms with E-state index in [1.54, 1.807) is 0 Å². The Labute approximate surface area is 230 Å². The van der Waals surface area contributed by atoms with E-state index < -0.39 is 69.2 Å². The van der Waals surface area contributed by atoms with E-state index >= 15 is 0 Å². The van der Waals surface area contributed by atoms with Crippen LogP contribution in [0.1, 0.15) is 25.3 Å². The summed E-state index contributed by atoms with van der Waals surface area (Å²) in [6.07, 6.45) is -3.74. The minimum atomic E-state index is -4.79. The van der Waals surface area contributed by atoms with Gasteiger partial charge in [0.25, 0.3) is 11.2 Å². The van der Waals surface area contributed by atoms with Crippen molar-refractivity contribution in [2.24, 2.45) is 0 Å². The number of aromatic amines is 1. The zero-order chi connectivity index (χ0) is 29.5. The van der Waals surface area contributed by atoms with Gasteiger partial charge in [0.05, 0.1) is 26.7 Å². The number of hydrogen-bond acceptors (Lipinski definition) is 14. The largest absolute Gasteiger partial charge is 0.472 e. The van der Waals surface area contributed by atoms with Crippen LogP contribution >= 0.6 is 7.82 Å². The number of aliphatic hydroxyl groups is 2. The van der Waals surface area contributed by atoms with Gasteiger partial charge in [-0.2, -0.15) is 20.5 Å². The molecule has 0 bridgehead atoms. The summed E-state index contributed by atoms with van der Waals surface area (Å²) < 4.78 is 38.2. The van der Waals surface area contributed by atoms with Crippen molar-refractivity contribution in [2.75, 3.05) is 24.7 Å². The van der Waals surface area contributed by atoms with Gasteiger partial charge < -0.3 is 40.5 Å². The molecule has 41 heavy (non-hydrogen) atoms. The molecule has 2 saturated heterocycles. The van der Waals surface area contributed by atoms with Crippen molar-refractivity contribution < 1.29 is 42.7 Å². The van der Waals surface area contributed by atoms with Crippen LogP contribution in [0.3, 0.4) is 0 Å². The van der Waals surface area contributed by atoms with E-state index in [0.717, 1.165) is 12.0 Å². The number of nitrogens with one attached hydrogen (secondary N) is 1. The Morgan fingerprint density at radius 1 is 1.24 bits per heavy atom. The van der Waals surface area contributed by atoms with Gasteiger partial charge in [0.1, 0.15) is 30.4 Å². The highest BCUT2D eigenvalue weighted by atomic mass is 31.2. The number of nitriles is 1. The van der Waals surface area contributed by atoms with E-state index in [1.165, 1.54) is 27.6 Å². The van der Waals surface area contributed by atoms with Crippen molar-refractivity contribution in [2.45, 2.75) is 49.7 Å². The van der Waals surface area contributed by atoms with E-state index in [2.05, 4.69) is 15.0 Å². The number of imidazole rings is 1. The Kier molecular flexibility index (Phi) is 7.96. The lowest BCUT2D eigenvalue weighted by atomic mass is 9.98. The van der Waals surface area contributed by atoms with Crippen molar-refractivity contribution in [1.29, 1.82) is 5.26 Å². The van der Waals surface area contributed by atoms with Crippen LogP contribution in [0, 0.1) is 11.2 Å². The van der Waals surface area contributed by atoms with E-state index in [4.69, 9.17) is 35.3 Å². The van der Waals surface area contributed by atoms with Gasteiger partial charge in [-0.15, -0.1) is 0 Å². The predicted molar refractivity (Wildman–Crippen MR) is 135 cm³/mol. The first kappa shape index (κ1) is 28.8. The molecule has 2 aliphatic heterocycles. The molecule has 3 aromatic heterocycles. The predicted octanol–water partition coefficient (Wildman–Crippen LogP) is -3.19. The Morgan fingerprint density at radius 2 is 1.98 bits per heavy atom. The smallest absolute Gasteiger partial charge is 0.465 e. The van der Waals surface area contributed by atoms with Crippen molar-refractivity contribution in [3.05, 3.63) is 39.4 Å². The SMILES string of the molecule is N#C[B-][n+]1cn(C2CC(O)C(COP(=O)(O)OC3CC(n4ccc(N)nc4=O)OC3CO)O2)c2nc(N)[nH]c(=O)c21. The lowest BCUT2D eigenvalue weighted by Gasteiger charge is -2.21. The molecular weight excluding hydrogens is 568 g/mol. The maximum atomic E-state index is 12.8. The summed E-state index contributed by atoms with van der Waals surface area (Å²) in [7, 11) is -3.73. The first-order chi connectivity index (χ1) is 19.5. The summed E-state index contributed by atoms with van der Waals surface area (Å²) >= 11 is 0. The monoisotopic (exact) mass is 593 g/mol. The lowest BCUT2D eigenvalue weighted by Crippen LogP contribution is -2.41. The Hall–Kier alpha value is -3.67. The van der Waals surface area contributed by atoms with Crippen LogP contribution in [0.25, 0.3) is 11.2 Å². The summed E-state index contributed by atoms with van der Waals surface area (Å²) in [5, 5.41) is 29.3. The zero-order valence-electron chi connectivity index (χ0n) is 21.1. The number of phosphoric acid groups is 1. The number of hydrogen-bond donors (Lipinski definition) is 6. The molecule has 0 aromatic carbocycles. The van der Waals surface area contributed by atoms with Crippen molar-refractivity contribution in [3.8, 4) is 5.97 Å². The fourth-order valence-corrected chi connectivity index (χ4v) is 5.66. The van der Waals surface area contributed by atoms with E-state index in [1.807, 2.05) is 5.97 Å². The molecule has 5 heterocycles. The van der Waals surface area contributed by atoms with E-state index in [0.29, 0.717) is 0 Å². The molecule has 2 radical (unpaired) electrons. The number of nitrogens with two attached hydrogens (primary N) is 2. The van der Waals surface area contributed by atoms with Crippen molar-refractivity contribution in [3.63, 3.8) is 0 Å². The minimum Gasteiger partial charge on any atom is -0.465 e. The molecule has 7 atom stereocenters. The summed E-state index contributed by atoms with van der Waals surface area (Å²) in [6, 6.07) is 1.37. The minimum absolute atomic E-state index is 0.00119. The summed E-state index contributed by atoms with van der Waals surface area (Å²) in [5.74, 6) is 1.63. The Bertz CT molecular complexity index is 1660. The quantitative estimate of drug-likeness (QED) is 0.105. The van der Waals surface area contributed by atoms with Gasteiger partial charge in [-0.05, 0) is 6.07 Å². The van der Waals surface area contributed by atoms with Gasteiger partial charge in [0, 0.05) is 19.0 Å². The second kappa shape index (κ2) is 11.3.